The maximum absolute atomic E-state index is 4.63. The molecule has 0 spiro atoms. The summed E-state index contributed by atoms with van der Waals surface area (Å²) in [7, 11) is 0. The lowest BCUT2D eigenvalue weighted by atomic mass is 10.1. The molecule has 1 aromatic heterocycles. The summed E-state index contributed by atoms with van der Waals surface area (Å²) in [4.78, 5) is 4.63. The fourth-order valence-corrected chi connectivity index (χ4v) is 2.22. The summed E-state index contributed by atoms with van der Waals surface area (Å²) in [6, 6.07) is 8.64. The van der Waals surface area contributed by atoms with E-state index in [1.54, 1.807) is 11.8 Å². The van der Waals surface area contributed by atoms with Gasteiger partial charge in [0.2, 0.25) is 0 Å². The van der Waals surface area contributed by atoms with Crippen LogP contribution in [-0.2, 0) is 0 Å². The fourth-order valence-electron chi connectivity index (χ4n) is 1.60. The summed E-state index contributed by atoms with van der Waals surface area (Å²) in [6.45, 7) is 6.43. The minimum absolute atomic E-state index is 1.07. The zero-order chi connectivity index (χ0) is 10.8. The Bertz CT molecular complexity index is 491. The first-order chi connectivity index (χ1) is 7.20. The summed E-state index contributed by atoms with van der Waals surface area (Å²) >= 11 is 1.79. The van der Waals surface area contributed by atoms with Gasteiger partial charge in [-0.2, -0.15) is 0 Å². The van der Waals surface area contributed by atoms with E-state index in [1.165, 1.54) is 16.5 Å². The molecule has 0 radical (unpaired) electrons. The fraction of sp³-hybridized carbons (Fsp3) is 0.308. The van der Waals surface area contributed by atoms with Crippen molar-refractivity contribution in [2.75, 3.05) is 5.75 Å². The zero-order valence-electron chi connectivity index (χ0n) is 9.37. The Balaban J connectivity index is 2.56. The van der Waals surface area contributed by atoms with E-state index in [-0.39, 0.29) is 0 Å². The molecule has 2 aromatic rings. The lowest BCUT2D eigenvalue weighted by molar-refractivity contribution is 1.18. The van der Waals surface area contributed by atoms with E-state index in [0.717, 1.165) is 16.3 Å². The Morgan fingerprint density at radius 1 is 1.13 bits per heavy atom. The molecule has 0 aliphatic heterocycles. The average molecular weight is 217 g/mol. The molecular formula is C13H15NS. The Morgan fingerprint density at radius 3 is 2.60 bits per heavy atom. The van der Waals surface area contributed by atoms with Crippen molar-refractivity contribution in [1.29, 1.82) is 0 Å². The topological polar surface area (TPSA) is 12.9 Å². The van der Waals surface area contributed by atoms with Crippen LogP contribution in [0, 0.1) is 13.8 Å². The van der Waals surface area contributed by atoms with Crippen LogP contribution in [0.15, 0.2) is 29.3 Å². The van der Waals surface area contributed by atoms with Gasteiger partial charge in [0.1, 0.15) is 0 Å². The second-order valence-electron chi connectivity index (χ2n) is 3.71. The smallest absolute Gasteiger partial charge is 0.0967 e. The van der Waals surface area contributed by atoms with Gasteiger partial charge in [-0.1, -0.05) is 13.0 Å². The molecule has 0 atom stereocenters. The first-order valence-corrected chi connectivity index (χ1v) is 6.20. The number of rotatable bonds is 2. The molecule has 1 nitrogen and oxygen atoms in total. The molecule has 0 amide bonds. The molecule has 1 heterocycles. The summed E-state index contributed by atoms with van der Waals surface area (Å²) in [6.07, 6.45) is 0. The second-order valence-corrected chi connectivity index (χ2v) is 5.00. The molecule has 78 valence electrons. The van der Waals surface area contributed by atoms with Crippen molar-refractivity contribution in [1.82, 2.24) is 4.98 Å². The highest BCUT2D eigenvalue weighted by Crippen LogP contribution is 2.22. The normalized spacial score (nSPS) is 10.9. The third-order valence-electron chi connectivity index (χ3n) is 2.57. The van der Waals surface area contributed by atoms with E-state index in [1.807, 2.05) is 0 Å². The Morgan fingerprint density at radius 2 is 1.87 bits per heavy atom. The zero-order valence-corrected chi connectivity index (χ0v) is 10.2. The van der Waals surface area contributed by atoms with Crippen molar-refractivity contribution < 1.29 is 0 Å². The van der Waals surface area contributed by atoms with Crippen LogP contribution in [-0.4, -0.2) is 10.7 Å². The van der Waals surface area contributed by atoms with Crippen LogP contribution < -0.4 is 0 Å². The number of fused-ring (bicyclic) bond motifs is 1. The molecular weight excluding hydrogens is 202 g/mol. The predicted octanol–water partition coefficient (Wildman–Crippen LogP) is 3.96. The third kappa shape index (κ3) is 2.15. The first-order valence-electron chi connectivity index (χ1n) is 5.21. The molecule has 0 aliphatic carbocycles. The van der Waals surface area contributed by atoms with Crippen LogP contribution in [0.1, 0.15) is 18.1 Å². The van der Waals surface area contributed by atoms with E-state index >= 15 is 0 Å². The average Bonchev–Trinajstić information content (AvgIpc) is 2.21. The standard InChI is InChI=1S/C13H15NS/c1-4-15-13-6-5-11-7-9(2)10(3)8-12(11)14-13/h5-8H,4H2,1-3H3. The van der Waals surface area contributed by atoms with Gasteiger partial charge in [0.25, 0.3) is 0 Å². The maximum Gasteiger partial charge on any atom is 0.0967 e. The Kier molecular flexibility index (Phi) is 2.96. The minimum Gasteiger partial charge on any atom is -0.241 e. The number of pyridine rings is 1. The van der Waals surface area contributed by atoms with E-state index in [2.05, 4.69) is 50.0 Å². The van der Waals surface area contributed by atoms with Crippen molar-refractivity contribution in [3.63, 3.8) is 0 Å². The number of aromatic nitrogens is 1. The van der Waals surface area contributed by atoms with Crippen LogP contribution in [0.25, 0.3) is 10.9 Å². The summed E-state index contributed by atoms with van der Waals surface area (Å²) in [5.74, 6) is 1.07. The van der Waals surface area contributed by atoms with E-state index in [0.29, 0.717) is 0 Å². The van der Waals surface area contributed by atoms with Gasteiger partial charge in [-0.25, -0.2) is 4.98 Å². The van der Waals surface area contributed by atoms with Crippen LogP contribution in [0.3, 0.4) is 0 Å². The molecule has 0 unspecified atom stereocenters. The predicted molar refractivity (Wildman–Crippen MR) is 67.6 cm³/mol. The summed E-state index contributed by atoms with van der Waals surface area (Å²) < 4.78 is 0. The molecule has 2 heteroatoms. The summed E-state index contributed by atoms with van der Waals surface area (Å²) in [5, 5.41) is 2.35. The van der Waals surface area contributed by atoms with Gasteiger partial charge >= 0.3 is 0 Å². The van der Waals surface area contributed by atoms with Crippen molar-refractivity contribution in [2.45, 2.75) is 25.8 Å². The highest BCUT2D eigenvalue weighted by atomic mass is 32.2. The number of benzene rings is 1. The van der Waals surface area contributed by atoms with Crippen molar-refractivity contribution >= 4 is 22.7 Å². The molecule has 0 N–H and O–H groups in total. The minimum atomic E-state index is 1.07. The highest BCUT2D eigenvalue weighted by Gasteiger charge is 2.00. The van der Waals surface area contributed by atoms with Crippen LogP contribution in [0.5, 0.6) is 0 Å². The van der Waals surface area contributed by atoms with Crippen molar-refractivity contribution in [3.05, 3.63) is 35.4 Å². The lowest BCUT2D eigenvalue weighted by Crippen LogP contribution is -1.87. The monoisotopic (exact) mass is 217 g/mol. The number of hydrogen-bond donors (Lipinski definition) is 0. The maximum atomic E-state index is 4.63. The third-order valence-corrected chi connectivity index (χ3v) is 3.38. The molecule has 0 saturated heterocycles. The SMILES string of the molecule is CCSc1ccc2cc(C)c(C)cc2n1. The molecule has 1 aromatic carbocycles. The van der Waals surface area contributed by atoms with Gasteiger partial charge in [-0.3, -0.25) is 0 Å². The van der Waals surface area contributed by atoms with Gasteiger partial charge in [0.15, 0.2) is 0 Å². The highest BCUT2D eigenvalue weighted by molar-refractivity contribution is 7.99. The number of aryl methyl sites for hydroxylation is 2. The van der Waals surface area contributed by atoms with Crippen LogP contribution in [0.2, 0.25) is 0 Å². The molecule has 0 fully saturated rings. The van der Waals surface area contributed by atoms with Crippen molar-refractivity contribution in [3.8, 4) is 0 Å². The largest absolute Gasteiger partial charge is 0.241 e. The second kappa shape index (κ2) is 4.23. The molecule has 0 bridgehead atoms. The molecule has 15 heavy (non-hydrogen) atoms. The number of thioether (sulfide) groups is 1. The van der Waals surface area contributed by atoms with E-state index in [4.69, 9.17) is 0 Å². The number of hydrogen-bond acceptors (Lipinski definition) is 2. The lowest BCUT2D eigenvalue weighted by Gasteiger charge is -2.04. The molecule has 0 saturated carbocycles. The molecule has 2 rings (SSSR count). The van der Waals surface area contributed by atoms with Gasteiger partial charge in [-0.15, -0.1) is 11.8 Å². The van der Waals surface area contributed by atoms with Gasteiger partial charge < -0.3 is 0 Å². The van der Waals surface area contributed by atoms with Gasteiger partial charge in [0, 0.05) is 5.39 Å². The number of nitrogens with zero attached hydrogens (tertiary/aromatic N) is 1. The Hall–Kier alpha value is -1.02. The van der Waals surface area contributed by atoms with Crippen LogP contribution in [0.4, 0.5) is 0 Å². The van der Waals surface area contributed by atoms with Crippen LogP contribution >= 0.6 is 11.8 Å². The van der Waals surface area contributed by atoms with Gasteiger partial charge in [0.05, 0.1) is 10.5 Å². The van der Waals surface area contributed by atoms with Gasteiger partial charge in [-0.05, 0) is 48.9 Å². The quantitative estimate of drug-likeness (QED) is 0.706. The van der Waals surface area contributed by atoms with E-state index < -0.39 is 0 Å². The summed E-state index contributed by atoms with van der Waals surface area (Å²) in [5.41, 5.74) is 3.75. The first kappa shape index (κ1) is 10.5. The van der Waals surface area contributed by atoms with Crippen molar-refractivity contribution in [2.24, 2.45) is 0 Å². The van der Waals surface area contributed by atoms with E-state index in [9.17, 15) is 0 Å². The Labute approximate surface area is 94.9 Å². The molecule has 0 aliphatic rings.